The molecule has 0 rings (SSSR count). The highest BCUT2D eigenvalue weighted by atomic mass is 32.2. The molecule has 0 aromatic rings. The van der Waals surface area contributed by atoms with Crippen LogP contribution in [-0.4, -0.2) is 88.1 Å². The second-order valence-corrected chi connectivity index (χ2v) is 12.3. The molecular formula is C27H54NO9S+. The first kappa shape index (κ1) is 38.4. The summed E-state index contributed by atoms with van der Waals surface area (Å²) in [4.78, 5) is 34.5. The largest absolute Gasteiger partial charge is 0.465 e. The second kappa shape index (κ2) is 21.1. The van der Waals surface area contributed by atoms with Gasteiger partial charge in [0.2, 0.25) is 0 Å². The average Bonchev–Trinajstić information content (AvgIpc) is 2.81. The Hall–Kier alpha value is -1.72. The number of rotatable bonds is 19. The summed E-state index contributed by atoms with van der Waals surface area (Å²) in [6.07, 6.45) is 6.74. The molecule has 38 heavy (non-hydrogen) atoms. The predicted molar refractivity (Wildman–Crippen MR) is 148 cm³/mol. The van der Waals surface area contributed by atoms with Crippen LogP contribution in [0.5, 0.6) is 0 Å². The molecule has 0 saturated heterocycles. The van der Waals surface area contributed by atoms with Crippen LogP contribution < -0.4 is 0 Å². The minimum absolute atomic E-state index is 0.0747. The molecule has 0 aliphatic heterocycles. The van der Waals surface area contributed by atoms with Gasteiger partial charge < -0.3 is 18.7 Å². The molecule has 0 amide bonds. The molecule has 0 saturated carbocycles. The summed E-state index contributed by atoms with van der Waals surface area (Å²) < 4.78 is 48.3. The van der Waals surface area contributed by atoms with E-state index in [4.69, 9.17) is 14.2 Å². The van der Waals surface area contributed by atoms with Crippen LogP contribution in [0.4, 0.5) is 0 Å². The van der Waals surface area contributed by atoms with Crippen molar-refractivity contribution >= 4 is 28.0 Å². The summed E-state index contributed by atoms with van der Waals surface area (Å²) in [5.74, 6) is -1.81. The molecule has 3 atom stereocenters. The number of nitrogens with zero attached hydrogens (tertiary/aromatic N) is 1. The number of hydrogen-bond acceptors (Lipinski definition) is 8. The first-order valence-electron chi connectivity index (χ1n) is 13.8. The molecule has 0 aromatic carbocycles. The highest BCUT2D eigenvalue weighted by Gasteiger charge is 2.36. The summed E-state index contributed by atoms with van der Waals surface area (Å²) in [7, 11) is 1.41. The van der Waals surface area contributed by atoms with Gasteiger partial charge in [-0.3, -0.25) is 18.9 Å². The van der Waals surface area contributed by atoms with Crippen LogP contribution in [0.15, 0.2) is 0 Å². The normalized spacial score (nSPS) is 13.9. The minimum Gasteiger partial charge on any atom is -0.465 e. The van der Waals surface area contributed by atoms with Gasteiger partial charge in [-0.2, -0.15) is 8.42 Å². The summed E-state index contributed by atoms with van der Waals surface area (Å²) >= 11 is 0. The molecule has 0 fully saturated rings. The molecule has 0 heterocycles. The smallest absolute Gasteiger partial charge is 0.327 e. The fourth-order valence-corrected chi connectivity index (χ4v) is 3.94. The van der Waals surface area contributed by atoms with E-state index in [1.807, 2.05) is 13.8 Å². The van der Waals surface area contributed by atoms with E-state index in [0.29, 0.717) is 6.61 Å². The zero-order chi connectivity index (χ0) is 29.8. The number of esters is 3. The molecule has 226 valence electrons. The molecular weight excluding hydrogens is 514 g/mol. The third kappa shape index (κ3) is 22.3. The van der Waals surface area contributed by atoms with Gasteiger partial charge in [-0.15, -0.1) is 0 Å². The molecule has 0 aliphatic carbocycles. The molecule has 0 aliphatic rings. The van der Waals surface area contributed by atoms with Gasteiger partial charge in [0.1, 0.15) is 13.2 Å². The van der Waals surface area contributed by atoms with Crippen LogP contribution >= 0.6 is 0 Å². The van der Waals surface area contributed by atoms with Crippen molar-refractivity contribution in [1.29, 1.82) is 0 Å². The predicted octanol–water partition coefficient (Wildman–Crippen LogP) is 4.41. The van der Waals surface area contributed by atoms with Crippen molar-refractivity contribution in [2.24, 2.45) is 11.8 Å². The van der Waals surface area contributed by atoms with Crippen LogP contribution in [-0.2, 0) is 38.7 Å². The fraction of sp³-hybridized carbons (Fsp3) is 0.889. The number of carbonyl (C=O) groups excluding carboxylic acids is 3. The summed E-state index contributed by atoms with van der Waals surface area (Å²) in [6, 6.07) is 0. The lowest BCUT2D eigenvalue weighted by Crippen LogP contribution is -2.37. The molecule has 0 aromatic heterocycles. The van der Waals surface area contributed by atoms with E-state index >= 15 is 0 Å². The molecule has 0 bridgehead atoms. The highest BCUT2D eigenvalue weighted by Crippen LogP contribution is 2.17. The van der Waals surface area contributed by atoms with Crippen molar-refractivity contribution < 1.29 is 46.0 Å². The Morgan fingerprint density at radius 3 is 1.66 bits per heavy atom. The van der Waals surface area contributed by atoms with Crippen LogP contribution in [0, 0.1) is 11.8 Å². The SMILES string of the molecule is CC(=O)OCC[N+](C)(C)C.CCCCC(CC)COC(=O)CC(C(=O)OCC(CC)CCCC)S(=O)(=O)O. The van der Waals surface area contributed by atoms with Crippen LogP contribution in [0.25, 0.3) is 0 Å². The highest BCUT2D eigenvalue weighted by molar-refractivity contribution is 7.87. The quantitative estimate of drug-likeness (QED) is 0.104. The van der Waals surface area contributed by atoms with Gasteiger partial charge in [-0.1, -0.05) is 66.2 Å². The lowest BCUT2D eigenvalue weighted by molar-refractivity contribution is -0.870. The minimum atomic E-state index is -4.76. The summed E-state index contributed by atoms with van der Waals surface area (Å²) in [5.41, 5.74) is 0. The first-order valence-corrected chi connectivity index (χ1v) is 15.3. The van der Waals surface area contributed by atoms with Gasteiger partial charge in [-0.25, -0.2) is 0 Å². The Morgan fingerprint density at radius 1 is 0.816 bits per heavy atom. The zero-order valence-electron chi connectivity index (χ0n) is 25.0. The fourth-order valence-electron chi connectivity index (χ4n) is 3.28. The van der Waals surface area contributed by atoms with Crippen molar-refractivity contribution in [3.63, 3.8) is 0 Å². The van der Waals surface area contributed by atoms with E-state index in [1.54, 1.807) is 0 Å². The van der Waals surface area contributed by atoms with Gasteiger partial charge in [0.05, 0.1) is 40.8 Å². The van der Waals surface area contributed by atoms with E-state index in [9.17, 15) is 27.4 Å². The van der Waals surface area contributed by atoms with Crippen LogP contribution in [0.2, 0.25) is 0 Å². The monoisotopic (exact) mass is 568 g/mol. The van der Waals surface area contributed by atoms with Crippen LogP contribution in [0.3, 0.4) is 0 Å². The molecule has 10 nitrogen and oxygen atoms in total. The number of quaternary nitrogens is 1. The van der Waals surface area contributed by atoms with E-state index in [0.717, 1.165) is 62.4 Å². The molecule has 0 radical (unpaired) electrons. The number of ether oxygens (including phenoxy) is 3. The maximum atomic E-state index is 12.2. The zero-order valence-corrected chi connectivity index (χ0v) is 25.8. The van der Waals surface area contributed by atoms with Crippen LogP contribution in [0.1, 0.15) is 92.4 Å². The van der Waals surface area contributed by atoms with E-state index in [-0.39, 0.29) is 31.0 Å². The maximum Gasteiger partial charge on any atom is 0.327 e. The van der Waals surface area contributed by atoms with Gasteiger partial charge in [-0.05, 0) is 24.7 Å². The standard InChI is InChI=1S/C20H38O7S.C7H16NO2/c1-5-9-11-16(7-3)14-26-19(21)13-18(28(23,24)25)20(22)27-15-17(8-4)12-10-6-2;1-7(9)10-6-5-8(2,3)4/h16-18H,5-15H2,1-4H3,(H,23,24,25);5-6H2,1-4H3/q;+1. The van der Waals surface area contributed by atoms with Gasteiger partial charge >= 0.3 is 17.9 Å². The Labute approximate surface area is 231 Å². The number of hydrogen-bond donors (Lipinski definition) is 1. The van der Waals surface area contributed by atoms with Crippen molar-refractivity contribution in [3.05, 3.63) is 0 Å². The Morgan fingerprint density at radius 2 is 1.29 bits per heavy atom. The third-order valence-corrected chi connectivity index (χ3v) is 7.15. The van der Waals surface area contributed by atoms with Crippen molar-refractivity contribution in [2.45, 2.75) is 97.7 Å². The summed E-state index contributed by atoms with van der Waals surface area (Å²) in [5, 5.41) is -1.95. The van der Waals surface area contributed by atoms with Crippen molar-refractivity contribution in [3.8, 4) is 0 Å². The summed E-state index contributed by atoms with van der Waals surface area (Å²) in [6.45, 7) is 11.1. The van der Waals surface area contributed by atoms with Crippen molar-refractivity contribution in [2.75, 3.05) is 47.5 Å². The Balaban J connectivity index is 0. The third-order valence-electron chi connectivity index (χ3n) is 6.07. The molecule has 11 heteroatoms. The van der Waals surface area contributed by atoms with E-state index < -0.39 is 33.7 Å². The lowest BCUT2D eigenvalue weighted by atomic mass is 10.0. The topological polar surface area (TPSA) is 133 Å². The van der Waals surface area contributed by atoms with E-state index in [1.165, 1.54) is 6.92 Å². The first-order chi connectivity index (χ1) is 17.6. The van der Waals surface area contributed by atoms with Gasteiger partial charge in [0.25, 0.3) is 10.1 Å². The molecule has 0 spiro atoms. The molecule has 3 unspecified atom stereocenters. The van der Waals surface area contributed by atoms with Gasteiger partial charge in [0, 0.05) is 6.92 Å². The van der Waals surface area contributed by atoms with E-state index in [2.05, 4.69) is 35.0 Å². The number of carbonyl (C=O) groups is 3. The number of unbranched alkanes of at least 4 members (excludes halogenated alkanes) is 2. The van der Waals surface area contributed by atoms with Gasteiger partial charge in [0.15, 0.2) is 5.25 Å². The van der Waals surface area contributed by atoms with Crippen molar-refractivity contribution in [1.82, 2.24) is 0 Å². The number of likely N-dealkylation sites (N-methyl/N-ethyl adjacent to an activating group) is 1. The molecule has 1 N–H and O–H groups in total. The second-order valence-electron chi connectivity index (χ2n) is 10.7. The Bertz CT molecular complexity index is 763. The Kier molecular flexibility index (Phi) is 21.4. The average molecular weight is 569 g/mol. The maximum absolute atomic E-state index is 12.2. The lowest BCUT2D eigenvalue weighted by Gasteiger charge is -2.23.